The van der Waals surface area contributed by atoms with Crippen molar-refractivity contribution in [3.05, 3.63) is 62.6 Å². The molecule has 2 rings (SSSR count). The summed E-state index contributed by atoms with van der Waals surface area (Å²) in [4.78, 5) is 12.6. The molecule has 0 radical (unpaired) electrons. The van der Waals surface area contributed by atoms with Crippen LogP contribution in [0.3, 0.4) is 0 Å². The summed E-state index contributed by atoms with van der Waals surface area (Å²) in [5.74, 6) is -0.438. The van der Waals surface area contributed by atoms with Crippen molar-refractivity contribution in [1.29, 1.82) is 0 Å². The van der Waals surface area contributed by atoms with Gasteiger partial charge in [-0.2, -0.15) is 0 Å². The first-order valence-corrected chi connectivity index (χ1v) is 11.3. The van der Waals surface area contributed by atoms with E-state index in [1.54, 1.807) is 6.07 Å². The molecule has 2 aromatic carbocycles. The lowest BCUT2D eigenvalue weighted by Gasteiger charge is -2.25. The lowest BCUT2D eigenvalue weighted by molar-refractivity contribution is -0.120. The average molecular weight is 443 g/mol. The Morgan fingerprint density at radius 3 is 2.29 bits per heavy atom. The molecule has 0 fully saturated rings. The SMILES string of the molecule is Cc1cc(C)c(C(C)NC(=O)CN(c2cc(Cl)ccc2Cl)S(C)(=O)=O)cc1C. The zero-order valence-electron chi connectivity index (χ0n) is 16.5. The molecule has 1 N–H and O–H groups in total. The van der Waals surface area contributed by atoms with Gasteiger partial charge in [-0.15, -0.1) is 0 Å². The number of benzene rings is 2. The molecule has 2 aromatic rings. The second-order valence-electron chi connectivity index (χ2n) is 6.95. The summed E-state index contributed by atoms with van der Waals surface area (Å²) in [5, 5.41) is 3.39. The van der Waals surface area contributed by atoms with Crippen molar-refractivity contribution in [2.24, 2.45) is 0 Å². The predicted octanol–water partition coefficient (Wildman–Crippen LogP) is 4.56. The van der Waals surface area contributed by atoms with Gasteiger partial charge in [0, 0.05) is 5.02 Å². The summed E-state index contributed by atoms with van der Waals surface area (Å²) in [7, 11) is -3.74. The highest BCUT2D eigenvalue weighted by molar-refractivity contribution is 7.92. The summed E-state index contributed by atoms with van der Waals surface area (Å²) < 4.78 is 25.5. The molecule has 0 spiro atoms. The van der Waals surface area contributed by atoms with Gasteiger partial charge in [0.2, 0.25) is 15.9 Å². The summed E-state index contributed by atoms with van der Waals surface area (Å²) >= 11 is 12.1. The maximum atomic E-state index is 12.6. The average Bonchev–Trinajstić information content (AvgIpc) is 2.57. The van der Waals surface area contributed by atoms with E-state index < -0.39 is 22.5 Å². The third-order valence-corrected chi connectivity index (χ3v) is 6.27. The highest BCUT2D eigenvalue weighted by Crippen LogP contribution is 2.30. The summed E-state index contributed by atoms with van der Waals surface area (Å²) in [6, 6.07) is 8.31. The molecule has 1 unspecified atom stereocenters. The van der Waals surface area contributed by atoms with Crippen LogP contribution in [0.25, 0.3) is 0 Å². The molecule has 0 aromatic heterocycles. The van der Waals surface area contributed by atoms with Crippen LogP contribution >= 0.6 is 23.2 Å². The number of hydrogen-bond donors (Lipinski definition) is 1. The zero-order chi connectivity index (χ0) is 21.2. The Labute approximate surface area is 176 Å². The van der Waals surface area contributed by atoms with Crippen molar-refractivity contribution >= 4 is 44.8 Å². The first-order chi connectivity index (χ1) is 12.9. The van der Waals surface area contributed by atoms with Gasteiger partial charge in [-0.25, -0.2) is 8.42 Å². The second-order valence-corrected chi connectivity index (χ2v) is 9.70. The van der Waals surface area contributed by atoms with Crippen LogP contribution in [0.4, 0.5) is 5.69 Å². The van der Waals surface area contributed by atoms with E-state index in [0.717, 1.165) is 27.3 Å². The number of carbonyl (C=O) groups excluding carboxylic acids is 1. The lowest BCUT2D eigenvalue weighted by atomic mass is 9.96. The van der Waals surface area contributed by atoms with Crippen LogP contribution in [0.1, 0.15) is 35.2 Å². The number of nitrogens with zero attached hydrogens (tertiary/aromatic N) is 1. The molecule has 28 heavy (non-hydrogen) atoms. The van der Waals surface area contributed by atoms with Crippen LogP contribution in [-0.2, 0) is 14.8 Å². The third kappa shape index (κ3) is 5.40. The van der Waals surface area contributed by atoms with Crippen molar-refractivity contribution < 1.29 is 13.2 Å². The number of anilines is 1. The number of aryl methyl sites for hydroxylation is 3. The topological polar surface area (TPSA) is 66.5 Å². The van der Waals surface area contributed by atoms with Crippen molar-refractivity contribution in [1.82, 2.24) is 5.32 Å². The Hall–Kier alpha value is -1.76. The molecule has 152 valence electrons. The largest absolute Gasteiger partial charge is 0.348 e. The lowest BCUT2D eigenvalue weighted by Crippen LogP contribution is -2.41. The van der Waals surface area contributed by atoms with E-state index in [4.69, 9.17) is 23.2 Å². The molecule has 0 aliphatic heterocycles. The van der Waals surface area contributed by atoms with Crippen molar-refractivity contribution in [3.63, 3.8) is 0 Å². The summed E-state index contributed by atoms with van der Waals surface area (Å²) in [6.07, 6.45) is 1.02. The summed E-state index contributed by atoms with van der Waals surface area (Å²) in [6.45, 7) is 7.51. The monoisotopic (exact) mass is 442 g/mol. The van der Waals surface area contributed by atoms with Gasteiger partial charge in [0.25, 0.3) is 0 Å². The minimum Gasteiger partial charge on any atom is -0.348 e. The summed E-state index contributed by atoms with van der Waals surface area (Å²) in [5.41, 5.74) is 4.53. The Bertz CT molecular complexity index is 1010. The number of hydrogen-bond acceptors (Lipinski definition) is 3. The first-order valence-electron chi connectivity index (χ1n) is 8.70. The fourth-order valence-electron chi connectivity index (χ4n) is 3.00. The number of amides is 1. The van der Waals surface area contributed by atoms with E-state index in [-0.39, 0.29) is 16.8 Å². The number of nitrogens with one attached hydrogen (secondary N) is 1. The van der Waals surface area contributed by atoms with Gasteiger partial charge in [0.15, 0.2) is 0 Å². The predicted molar refractivity (Wildman–Crippen MR) is 116 cm³/mol. The van der Waals surface area contributed by atoms with Gasteiger partial charge in [-0.1, -0.05) is 35.3 Å². The van der Waals surface area contributed by atoms with Gasteiger partial charge in [0.1, 0.15) is 6.54 Å². The standard InChI is InChI=1S/C20H24Cl2N2O3S/c1-12-8-14(3)17(9-13(12)2)15(4)23-20(25)11-24(28(5,26)27)19-10-16(21)6-7-18(19)22/h6-10,15H,11H2,1-5H3,(H,23,25). The first kappa shape index (κ1) is 22.5. The van der Waals surface area contributed by atoms with Crippen LogP contribution in [0.2, 0.25) is 10.0 Å². The molecule has 0 bridgehead atoms. The van der Waals surface area contributed by atoms with E-state index in [1.807, 2.05) is 33.8 Å². The normalized spacial score (nSPS) is 12.5. The van der Waals surface area contributed by atoms with E-state index in [1.165, 1.54) is 17.7 Å². The van der Waals surface area contributed by atoms with E-state index >= 15 is 0 Å². The molecular formula is C20H24Cl2N2O3S. The Morgan fingerprint density at radius 2 is 1.68 bits per heavy atom. The van der Waals surface area contributed by atoms with Gasteiger partial charge < -0.3 is 5.32 Å². The molecule has 0 aliphatic carbocycles. The molecule has 1 amide bonds. The van der Waals surface area contributed by atoms with E-state index in [9.17, 15) is 13.2 Å². The van der Waals surface area contributed by atoms with Gasteiger partial charge in [-0.05, 0) is 68.1 Å². The van der Waals surface area contributed by atoms with Gasteiger partial charge in [0.05, 0.1) is 23.0 Å². The highest BCUT2D eigenvalue weighted by atomic mass is 35.5. The Kier molecular flexibility index (Phi) is 7.02. The number of carbonyl (C=O) groups is 1. The number of halogens is 2. The number of sulfonamides is 1. The molecule has 1 atom stereocenters. The molecule has 8 heteroatoms. The van der Waals surface area contributed by atoms with E-state index in [0.29, 0.717) is 5.02 Å². The van der Waals surface area contributed by atoms with Crippen LogP contribution < -0.4 is 9.62 Å². The van der Waals surface area contributed by atoms with Crippen molar-refractivity contribution in [2.75, 3.05) is 17.1 Å². The van der Waals surface area contributed by atoms with Crippen LogP contribution in [-0.4, -0.2) is 27.1 Å². The zero-order valence-corrected chi connectivity index (χ0v) is 18.8. The second kappa shape index (κ2) is 8.72. The van der Waals surface area contributed by atoms with Crippen LogP contribution in [0.15, 0.2) is 30.3 Å². The van der Waals surface area contributed by atoms with Gasteiger partial charge >= 0.3 is 0 Å². The Morgan fingerprint density at radius 1 is 1.07 bits per heavy atom. The minimum atomic E-state index is -3.74. The van der Waals surface area contributed by atoms with Crippen LogP contribution in [0.5, 0.6) is 0 Å². The smallest absolute Gasteiger partial charge is 0.241 e. The van der Waals surface area contributed by atoms with Crippen molar-refractivity contribution in [3.8, 4) is 0 Å². The van der Waals surface area contributed by atoms with Crippen molar-refractivity contribution in [2.45, 2.75) is 33.7 Å². The highest BCUT2D eigenvalue weighted by Gasteiger charge is 2.24. The maximum Gasteiger partial charge on any atom is 0.241 e. The minimum absolute atomic E-state index is 0.168. The van der Waals surface area contributed by atoms with Crippen LogP contribution in [0, 0.1) is 20.8 Å². The molecule has 0 saturated carbocycles. The van der Waals surface area contributed by atoms with E-state index in [2.05, 4.69) is 11.4 Å². The Balaban J connectivity index is 2.25. The number of rotatable bonds is 6. The molecule has 0 aliphatic rings. The fourth-order valence-corrected chi connectivity index (χ4v) is 4.30. The molecule has 0 saturated heterocycles. The van der Waals surface area contributed by atoms with Gasteiger partial charge in [-0.3, -0.25) is 9.10 Å². The molecule has 5 nitrogen and oxygen atoms in total. The third-order valence-electron chi connectivity index (χ3n) is 4.59. The fraction of sp³-hybridized carbons (Fsp3) is 0.350. The molecular weight excluding hydrogens is 419 g/mol. The molecule has 0 heterocycles. The quantitative estimate of drug-likeness (QED) is 0.712. The maximum absolute atomic E-state index is 12.6.